The summed E-state index contributed by atoms with van der Waals surface area (Å²) in [5, 5.41) is 9.83. The number of amides is 3. The van der Waals surface area contributed by atoms with E-state index in [1.54, 1.807) is 23.9 Å². The van der Waals surface area contributed by atoms with Crippen LogP contribution in [0, 0.1) is 11.3 Å². The maximum absolute atomic E-state index is 12.6. The van der Waals surface area contributed by atoms with Crippen molar-refractivity contribution in [2.45, 2.75) is 4.90 Å². The van der Waals surface area contributed by atoms with Gasteiger partial charge in [-0.25, -0.2) is 4.79 Å². The molecular formula is C18H23N3O4S. The van der Waals surface area contributed by atoms with E-state index in [0.717, 1.165) is 4.90 Å². The molecule has 0 spiro atoms. The van der Waals surface area contributed by atoms with Gasteiger partial charge in [-0.05, 0) is 12.1 Å². The van der Waals surface area contributed by atoms with Gasteiger partial charge in [0.1, 0.15) is 5.41 Å². The van der Waals surface area contributed by atoms with Crippen molar-refractivity contribution in [3.8, 4) is 0 Å². The van der Waals surface area contributed by atoms with Gasteiger partial charge in [0, 0.05) is 51.1 Å². The number of nitrogens with zero attached hydrogens (tertiary/aromatic N) is 3. The normalized spacial score (nSPS) is 24.5. The lowest BCUT2D eigenvalue weighted by atomic mass is 9.81. The molecule has 3 amide bonds. The molecule has 2 fully saturated rings. The van der Waals surface area contributed by atoms with Crippen molar-refractivity contribution < 1.29 is 19.5 Å². The van der Waals surface area contributed by atoms with E-state index < -0.39 is 11.4 Å². The monoisotopic (exact) mass is 377 g/mol. The fraction of sp³-hybridized carbons (Fsp3) is 0.500. The molecule has 2 atom stereocenters. The zero-order valence-electron chi connectivity index (χ0n) is 14.9. The number of likely N-dealkylation sites (tertiary alicyclic amines) is 2. The standard InChI is InChI=1S/C18H23N3O4S/c1-19(2)17(25)21-9-13-8-20(11-18(13,12-21)16(23)24)15(22)10-26-14-6-4-3-5-7-14/h3-7,13H,8-12H2,1-2H3,(H,23,24)/t13-,18-/m0/s1. The highest BCUT2D eigenvalue weighted by Crippen LogP contribution is 2.43. The first-order valence-corrected chi connectivity index (χ1v) is 9.47. The lowest BCUT2D eigenvalue weighted by molar-refractivity contribution is -0.149. The molecule has 0 aromatic heterocycles. The number of rotatable bonds is 4. The van der Waals surface area contributed by atoms with Crippen molar-refractivity contribution >= 4 is 29.7 Å². The molecule has 2 heterocycles. The van der Waals surface area contributed by atoms with Gasteiger partial charge in [0.15, 0.2) is 0 Å². The molecule has 0 aliphatic carbocycles. The van der Waals surface area contributed by atoms with E-state index in [2.05, 4.69) is 0 Å². The maximum Gasteiger partial charge on any atom is 0.319 e. The lowest BCUT2D eigenvalue weighted by Crippen LogP contribution is -2.45. The molecule has 0 bridgehead atoms. The summed E-state index contributed by atoms with van der Waals surface area (Å²) in [6.07, 6.45) is 0. The molecule has 0 radical (unpaired) electrons. The largest absolute Gasteiger partial charge is 0.481 e. The van der Waals surface area contributed by atoms with Gasteiger partial charge in [0.05, 0.1) is 5.75 Å². The summed E-state index contributed by atoms with van der Waals surface area (Å²) in [4.78, 5) is 42.4. The van der Waals surface area contributed by atoms with Crippen molar-refractivity contribution in [1.82, 2.24) is 14.7 Å². The number of hydrogen-bond acceptors (Lipinski definition) is 4. The van der Waals surface area contributed by atoms with Gasteiger partial charge in [0.2, 0.25) is 5.91 Å². The van der Waals surface area contributed by atoms with Gasteiger partial charge in [-0.15, -0.1) is 11.8 Å². The van der Waals surface area contributed by atoms with Crippen molar-refractivity contribution in [3.63, 3.8) is 0 Å². The highest BCUT2D eigenvalue weighted by Gasteiger charge is 2.59. The number of hydrogen-bond donors (Lipinski definition) is 1. The minimum atomic E-state index is -1.06. The van der Waals surface area contributed by atoms with Crippen LogP contribution in [0.25, 0.3) is 0 Å². The van der Waals surface area contributed by atoms with Crippen LogP contribution in [0.15, 0.2) is 35.2 Å². The summed E-state index contributed by atoms with van der Waals surface area (Å²) in [6, 6.07) is 9.47. The Bertz CT molecular complexity index is 712. The lowest BCUT2D eigenvalue weighted by Gasteiger charge is -2.27. The Morgan fingerprint density at radius 3 is 2.35 bits per heavy atom. The van der Waals surface area contributed by atoms with Crippen LogP contribution in [-0.4, -0.2) is 83.7 Å². The van der Waals surface area contributed by atoms with Gasteiger partial charge < -0.3 is 19.8 Å². The smallest absolute Gasteiger partial charge is 0.319 e. The molecule has 26 heavy (non-hydrogen) atoms. The Labute approximate surface area is 156 Å². The first-order chi connectivity index (χ1) is 12.3. The molecule has 1 aromatic rings. The summed E-state index contributed by atoms with van der Waals surface area (Å²) in [6.45, 7) is 1.08. The van der Waals surface area contributed by atoms with Crippen molar-refractivity contribution in [2.75, 3.05) is 46.0 Å². The van der Waals surface area contributed by atoms with Crippen LogP contribution >= 0.6 is 11.8 Å². The molecule has 1 N–H and O–H groups in total. The molecule has 2 saturated heterocycles. The molecule has 2 aliphatic heterocycles. The summed E-state index contributed by atoms with van der Waals surface area (Å²) in [7, 11) is 3.31. The number of carboxylic acid groups (broad SMARTS) is 1. The summed E-state index contributed by atoms with van der Waals surface area (Å²) in [5.74, 6) is -0.927. The Balaban J connectivity index is 1.65. The van der Waals surface area contributed by atoms with Gasteiger partial charge >= 0.3 is 12.0 Å². The summed E-state index contributed by atoms with van der Waals surface area (Å²) >= 11 is 1.45. The zero-order chi connectivity index (χ0) is 18.9. The Morgan fingerprint density at radius 1 is 1.15 bits per heavy atom. The highest BCUT2D eigenvalue weighted by molar-refractivity contribution is 8.00. The molecule has 0 saturated carbocycles. The first-order valence-electron chi connectivity index (χ1n) is 8.49. The van der Waals surface area contributed by atoms with Gasteiger partial charge in [0.25, 0.3) is 0 Å². The number of fused-ring (bicyclic) bond motifs is 1. The number of carbonyl (C=O) groups excluding carboxylic acids is 2. The van der Waals surface area contributed by atoms with E-state index in [-0.39, 0.29) is 36.7 Å². The number of urea groups is 1. The molecule has 2 aliphatic rings. The van der Waals surface area contributed by atoms with Crippen LogP contribution < -0.4 is 0 Å². The molecule has 8 heteroatoms. The van der Waals surface area contributed by atoms with Crippen LogP contribution in [0.1, 0.15) is 0 Å². The minimum absolute atomic E-state index is 0.0561. The van der Waals surface area contributed by atoms with Gasteiger partial charge in [-0.2, -0.15) is 0 Å². The van der Waals surface area contributed by atoms with E-state index >= 15 is 0 Å². The number of aliphatic carboxylic acids is 1. The molecule has 0 unspecified atom stereocenters. The second-order valence-electron chi connectivity index (χ2n) is 7.09. The number of carboxylic acids is 1. The second kappa shape index (κ2) is 7.19. The Morgan fingerprint density at radius 2 is 1.77 bits per heavy atom. The predicted molar refractivity (Wildman–Crippen MR) is 98.0 cm³/mol. The second-order valence-corrected chi connectivity index (χ2v) is 8.14. The van der Waals surface area contributed by atoms with Crippen LogP contribution in [-0.2, 0) is 9.59 Å². The minimum Gasteiger partial charge on any atom is -0.481 e. The van der Waals surface area contributed by atoms with Gasteiger partial charge in [-0.1, -0.05) is 18.2 Å². The topological polar surface area (TPSA) is 81.2 Å². The van der Waals surface area contributed by atoms with Crippen LogP contribution in [0.2, 0.25) is 0 Å². The fourth-order valence-electron chi connectivity index (χ4n) is 3.74. The van der Waals surface area contributed by atoms with E-state index in [1.165, 1.54) is 16.7 Å². The van der Waals surface area contributed by atoms with E-state index in [1.807, 2.05) is 30.3 Å². The molecule has 1 aromatic carbocycles. The SMILES string of the molecule is CN(C)C(=O)N1C[C@@H]2CN(C(=O)CSc3ccccc3)C[C@]2(C(=O)O)C1. The summed E-state index contributed by atoms with van der Waals surface area (Å²) in [5.41, 5.74) is -1.06. The third-order valence-electron chi connectivity index (χ3n) is 5.15. The van der Waals surface area contributed by atoms with Crippen molar-refractivity contribution in [2.24, 2.45) is 11.3 Å². The summed E-state index contributed by atoms with van der Waals surface area (Å²) < 4.78 is 0. The fourth-order valence-corrected chi connectivity index (χ4v) is 4.56. The van der Waals surface area contributed by atoms with Crippen molar-refractivity contribution in [3.05, 3.63) is 30.3 Å². The number of benzene rings is 1. The van der Waals surface area contributed by atoms with E-state index in [4.69, 9.17) is 0 Å². The van der Waals surface area contributed by atoms with Crippen LogP contribution in [0.4, 0.5) is 4.79 Å². The molecular weight excluding hydrogens is 354 g/mol. The molecule has 140 valence electrons. The van der Waals surface area contributed by atoms with Crippen molar-refractivity contribution in [1.29, 1.82) is 0 Å². The average molecular weight is 377 g/mol. The quantitative estimate of drug-likeness (QED) is 0.800. The zero-order valence-corrected chi connectivity index (χ0v) is 15.7. The average Bonchev–Trinajstić information content (AvgIpc) is 3.15. The molecule has 3 rings (SSSR count). The van der Waals surface area contributed by atoms with Gasteiger partial charge in [-0.3, -0.25) is 9.59 Å². The van der Waals surface area contributed by atoms with Crippen LogP contribution in [0.3, 0.4) is 0 Å². The Kier molecular flexibility index (Phi) is 5.13. The first kappa shape index (κ1) is 18.6. The third-order valence-corrected chi connectivity index (χ3v) is 6.14. The maximum atomic E-state index is 12.6. The van der Waals surface area contributed by atoms with E-state index in [0.29, 0.717) is 13.1 Å². The number of thioether (sulfide) groups is 1. The van der Waals surface area contributed by atoms with Crippen LogP contribution in [0.5, 0.6) is 0 Å². The Hall–Kier alpha value is -2.22. The number of carbonyl (C=O) groups is 3. The highest BCUT2D eigenvalue weighted by atomic mass is 32.2. The predicted octanol–water partition coefficient (Wildman–Crippen LogP) is 1.31. The third kappa shape index (κ3) is 3.38. The van der Waals surface area contributed by atoms with E-state index in [9.17, 15) is 19.5 Å². The molecule has 7 nitrogen and oxygen atoms in total.